The van der Waals surface area contributed by atoms with E-state index >= 15 is 0 Å². The zero-order valence-electron chi connectivity index (χ0n) is 18.2. The van der Waals surface area contributed by atoms with Gasteiger partial charge in [-0.05, 0) is 24.1 Å². The van der Waals surface area contributed by atoms with Gasteiger partial charge < -0.3 is 4.43 Å². The van der Waals surface area contributed by atoms with Gasteiger partial charge >= 0.3 is 15.6 Å². The lowest BCUT2D eigenvalue weighted by molar-refractivity contribution is -0.170. The molecule has 0 radical (unpaired) electrons. The molecule has 7 nitrogen and oxygen atoms in total. The maximum absolute atomic E-state index is 12.3. The van der Waals surface area contributed by atoms with Crippen molar-refractivity contribution in [3.05, 3.63) is 12.2 Å². The minimum absolute atomic E-state index is 0.00986. The van der Waals surface area contributed by atoms with Crippen LogP contribution < -0.4 is 0 Å². The van der Waals surface area contributed by atoms with Crippen molar-refractivity contribution in [1.29, 1.82) is 0 Å². The number of hydrogen-bond acceptors (Lipinski definition) is 6. The average molecular weight is 464 g/mol. The molecule has 0 saturated carbocycles. The number of rotatable bonds is 10. The van der Waals surface area contributed by atoms with Crippen molar-refractivity contribution in [2.75, 3.05) is 20.8 Å². The Kier molecular flexibility index (Phi) is 10.0. The monoisotopic (exact) mass is 463 g/mol. The second kappa shape index (κ2) is 10.4. The van der Waals surface area contributed by atoms with Crippen molar-refractivity contribution < 1.29 is 39.8 Å². The van der Waals surface area contributed by atoms with Crippen LogP contribution in [0.2, 0.25) is 18.1 Å². The molecule has 0 aliphatic carbocycles. The van der Waals surface area contributed by atoms with E-state index in [1.54, 1.807) is 6.92 Å². The largest absolute Gasteiger partial charge is 0.523 e. The van der Waals surface area contributed by atoms with E-state index in [0.29, 0.717) is 0 Å². The molecular weight excluding hydrogens is 431 g/mol. The third-order valence-electron chi connectivity index (χ3n) is 4.88. The third kappa shape index (κ3) is 8.75. The quantitative estimate of drug-likeness (QED) is 0.161. The number of hydroxylamine groups is 2. The molecule has 0 heterocycles. The summed E-state index contributed by atoms with van der Waals surface area (Å²) in [5.41, 5.74) is -5.47. The van der Waals surface area contributed by atoms with Gasteiger partial charge in [0, 0.05) is 7.05 Å². The molecule has 0 aliphatic heterocycles. The van der Waals surface area contributed by atoms with Gasteiger partial charge in [0.05, 0.1) is 26.2 Å². The average Bonchev–Trinajstić information content (AvgIpc) is 2.54. The molecule has 0 aromatic heterocycles. The molecule has 0 N–H and O–H groups in total. The molecular formula is C17H32F3NO6SSi. The predicted octanol–water partition coefficient (Wildman–Crippen LogP) is 3.85. The van der Waals surface area contributed by atoms with Gasteiger partial charge in [-0.15, -0.1) is 0 Å². The smallest absolute Gasteiger partial charge is 0.413 e. The summed E-state index contributed by atoms with van der Waals surface area (Å²) in [6.07, 6.45) is 2.06. The van der Waals surface area contributed by atoms with Crippen LogP contribution in [-0.4, -0.2) is 60.1 Å². The molecule has 0 aromatic rings. The molecule has 0 aliphatic rings. The van der Waals surface area contributed by atoms with Crippen LogP contribution in [0.5, 0.6) is 0 Å². The first kappa shape index (κ1) is 28.0. The Labute approximate surface area is 172 Å². The SMILES string of the molecule is CON(C)C(=O)C[C@H](O[Si](C)(C)C(C)(C)C)[C@@H](C)/C=C/COS(=O)(=O)C(F)(F)F. The second-order valence-electron chi connectivity index (χ2n) is 8.17. The van der Waals surface area contributed by atoms with E-state index < -0.39 is 42.6 Å². The Bertz CT molecular complexity index is 674. The van der Waals surface area contributed by atoms with Crippen LogP contribution in [0, 0.1) is 5.92 Å². The molecule has 172 valence electrons. The normalized spacial score (nSPS) is 16.1. The maximum Gasteiger partial charge on any atom is 0.523 e. The molecule has 0 spiro atoms. The van der Waals surface area contributed by atoms with Gasteiger partial charge in [-0.2, -0.15) is 21.6 Å². The standard InChI is InChI=1S/C17H32F3NO6SSi/c1-13(10-9-11-26-28(23,24)17(18,19)20)14(12-15(22)21(5)25-6)27-29(7,8)16(2,3)4/h9-10,13-14H,11-12H2,1-8H3/b10-9+/t13-,14-/m0/s1. The minimum atomic E-state index is -5.65. The van der Waals surface area contributed by atoms with Crippen molar-refractivity contribution in [3.63, 3.8) is 0 Å². The summed E-state index contributed by atoms with van der Waals surface area (Å²) in [7, 11) is -5.11. The Morgan fingerprint density at radius 1 is 1.21 bits per heavy atom. The number of alkyl halides is 3. The van der Waals surface area contributed by atoms with Crippen LogP contribution >= 0.6 is 0 Å². The molecule has 29 heavy (non-hydrogen) atoms. The van der Waals surface area contributed by atoms with E-state index in [0.717, 1.165) is 5.06 Å². The first-order valence-electron chi connectivity index (χ1n) is 8.96. The molecule has 12 heteroatoms. The van der Waals surface area contributed by atoms with E-state index in [4.69, 9.17) is 9.26 Å². The van der Waals surface area contributed by atoms with E-state index in [1.807, 2.05) is 33.9 Å². The summed E-state index contributed by atoms with van der Waals surface area (Å²) in [5.74, 6) is -0.720. The van der Waals surface area contributed by atoms with Crippen molar-refractivity contribution in [2.45, 2.75) is 63.9 Å². The zero-order valence-corrected chi connectivity index (χ0v) is 20.0. The van der Waals surface area contributed by atoms with E-state index in [9.17, 15) is 26.4 Å². The number of carbonyl (C=O) groups is 1. The fourth-order valence-corrected chi connectivity index (χ4v) is 3.68. The molecule has 0 saturated heterocycles. The number of hydrogen-bond donors (Lipinski definition) is 0. The highest BCUT2D eigenvalue weighted by Gasteiger charge is 2.47. The lowest BCUT2D eigenvalue weighted by atomic mass is 10.0. The summed E-state index contributed by atoms with van der Waals surface area (Å²) < 4.78 is 69.0. The van der Waals surface area contributed by atoms with Gasteiger partial charge in [0.15, 0.2) is 8.32 Å². The summed E-state index contributed by atoms with van der Waals surface area (Å²) in [5, 5.41) is 0.937. The maximum atomic E-state index is 12.3. The van der Waals surface area contributed by atoms with Crippen LogP contribution in [0.1, 0.15) is 34.1 Å². The highest BCUT2D eigenvalue weighted by Crippen LogP contribution is 2.38. The van der Waals surface area contributed by atoms with Crippen molar-refractivity contribution in [2.24, 2.45) is 5.92 Å². The van der Waals surface area contributed by atoms with E-state index in [-0.39, 0.29) is 17.4 Å². The Morgan fingerprint density at radius 3 is 2.14 bits per heavy atom. The molecule has 0 bridgehead atoms. The Morgan fingerprint density at radius 2 is 1.72 bits per heavy atom. The molecule has 2 atom stereocenters. The number of amides is 1. The predicted molar refractivity (Wildman–Crippen MR) is 106 cm³/mol. The van der Waals surface area contributed by atoms with Crippen LogP contribution in [0.25, 0.3) is 0 Å². The molecule has 1 amide bonds. The van der Waals surface area contributed by atoms with Crippen LogP contribution in [0.15, 0.2) is 12.2 Å². The Hall–Kier alpha value is -0.953. The first-order valence-corrected chi connectivity index (χ1v) is 13.3. The molecule has 0 unspecified atom stereocenters. The molecule has 0 fully saturated rings. The van der Waals surface area contributed by atoms with Crippen LogP contribution in [0.3, 0.4) is 0 Å². The lowest BCUT2D eigenvalue weighted by Gasteiger charge is -2.40. The van der Waals surface area contributed by atoms with Crippen molar-refractivity contribution >= 4 is 24.3 Å². The fraction of sp³-hybridized carbons (Fsp3) is 0.824. The highest BCUT2D eigenvalue weighted by molar-refractivity contribution is 7.87. The third-order valence-corrected chi connectivity index (χ3v) is 10.4. The van der Waals surface area contributed by atoms with Gasteiger partial charge in [-0.1, -0.05) is 39.8 Å². The second-order valence-corrected chi connectivity index (χ2v) is 14.5. The minimum Gasteiger partial charge on any atom is -0.413 e. The van der Waals surface area contributed by atoms with Crippen LogP contribution in [0.4, 0.5) is 13.2 Å². The molecule has 0 aromatic carbocycles. The van der Waals surface area contributed by atoms with Gasteiger partial charge in [0.1, 0.15) is 0 Å². The van der Waals surface area contributed by atoms with Crippen molar-refractivity contribution in [3.8, 4) is 0 Å². The summed E-state index contributed by atoms with van der Waals surface area (Å²) in [4.78, 5) is 17.2. The summed E-state index contributed by atoms with van der Waals surface area (Å²) in [6.45, 7) is 11.1. The highest BCUT2D eigenvalue weighted by atomic mass is 32.2. The number of carbonyl (C=O) groups excluding carboxylic acids is 1. The fourth-order valence-electron chi connectivity index (χ4n) is 1.88. The number of nitrogens with zero attached hydrogens (tertiary/aromatic N) is 1. The van der Waals surface area contributed by atoms with Gasteiger partial charge in [0.2, 0.25) is 5.91 Å². The number of halogens is 3. The van der Waals surface area contributed by atoms with E-state index in [2.05, 4.69) is 4.18 Å². The van der Waals surface area contributed by atoms with Gasteiger partial charge in [-0.25, -0.2) is 5.06 Å². The first-order chi connectivity index (χ1) is 12.9. The van der Waals surface area contributed by atoms with E-state index in [1.165, 1.54) is 26.3 Å². The topological polar surface area (TPSA) is 82.1 Å². The van der Waals surface area contributed by atoms with Gasteiger partial charge in [0.25, 0.3) is 0 Å². The van der Waals surface area contributed by atoms with Crippen LogP contribution in [-0.2, 0) is 28.4 Å². The summed E-state index contributed by atoms with van der Waals surface area (Å²) >= 11 is 0. The van der Waals surface area contributed by atoms with Crippen molar-refractivity contribution in [1.82, 2.24) is 5.06 Å². The zero-order chi connectivity index (χ0) is 23.3. The van der Waals surface area contributed by atoms with Gasteiger partial charge in [-0.3, -0.25) is 13.8 Å². The molecule has 0 rings (SSSR count). The lowest BCUT2D eigenvalue weighted by Crippen LogP contribution is -2.46. The summed E-state index contributed by atoms with van der Waals surface area (Å²) in [6, 6.07) is 0. The Balaban J connectivity index is 5.33.